The van der Waals surface area contributed by atoms with Crippen molar-refractivity contribution in [1.29, 1.82) is 0 Å². The van der Waals surface area contributed by atoms with Crippen molar-refractivity contribution in [2.45, 2.75) is 40.0 Å². The number of carbonyl (C=O) groups is 2. The predicted molar refractivity (Wildman–Crippen MR) is 64.1 cm³/mol. The first-order valence-corrected chi connectivity index (χ1v) is 5.80. The quantitative estimate of drug-likeness (QED) is 0.295. The van der Waals surface area contributed by atoms with Gasteiger partial charge in [0.15, 0.2) is 5.41 Å². The van der Waals surface area contributed by atoms with Gasteiger partial charge in [-0.1, -0.05) is 0 Å². The van der Waals surface area contributed by atoms with Crippen LogP contribution in [-0.4, -0.2) is 25.2 Å². The van der Waals surface area contributed by atoms with E-state index >= 15 is 0 Å². The van der Waals surface area contributed by atoms with Crippen molar-refractivity contribution in [3.05, 3.63) is 0 Å². The third-order valence-electron chi connectivity index (χ3n) is 2.45. The van der Waals surface area contributed by atoms with Gasteiger partial charge in [0.2, 0.25) is 0 Å². The van der Waals surface area contributed by atoms with Crippen LogP contribution in [0.1, 0.15) is 40.0 Å². The minimum atomic E-state index is -1.25. The SMILES string of the molecule is C#CCCCC(C)(C(=O)OCC)C(=O)OCC. The molecule has 96 valence electrons. The molecule has 0 fully saturated rings. The van der Waals surface area contributed by atoms with Crippen molar-refractivity contribution >= 4 is 11.9 Å². The normalized spacial score (nSPS) is 10.5. The van der Waals surface area contributed by atoms with Gasteiger partial charge in [0.1, 0.15) is 0 Å². The Labute approximate surface area is 103 Å². The summed E-state index contributed by atoms with van der Waals surface area (Å²) in [5, 5.41) is 0. The highest BCUT2D eigenvalue weighted by Crippen LogP contribution is 2.28. The molecule has 0 radical (unpaired) electrons. The molecule has 0 aromatic carbocycles. The fourth-order valence-electron chi connectivity index (χ4n) is 1.41. The Hall–Kier alpha value is -1.50. The standard InChI is InChI=1S/C13H20O4/c1-5-8-9-10-13(4,11(14)16-6-2)12(15)17-7-3/h1H,6-10H2,2-4H3. The Morgan fingerprint density at radius 1 is 1.18 bits per heavy atom. The third-order valence-corrected chi connectivity index (χ3v) is 2.45. The van der Waals surface area contributed by atoms with Crippen LogP contribution in [0.5, 0.6) is 0 Å². The first kappa shape index (κ1) is 15.5. The lowest BCUT2D eigenvalue weighted by Crippen LogP contribution is -2.39. The summed E-state index contributed by atoms with van der Waals surface area (Å²) >= 11 is 0. The molecular formula is C13H20O4. The topological polar surface area (TPSA) is 52.6 Å². The largest absolute Gasteiger partial charge is 0.465 e. The van der Waals surface area contributed by atoms with Gasteiger partial charge in [-0.15, -0.1) is 12.3 Å². The van der Waals surface area contributed by atoms with E-state index < -0.39 is 17.4 Å². The van der Waals surface area contributed by atoms with E-state index in [0.29, 0.717) is 19.3 Å². The molecule has 0 rings (SSSR count). The van der Waals surface area contributed by atoms with Gasteiger partial charge >= 0.3 is 11.9 Å². The molecule has 0 atom stereocenters. The summed E-state index contributed by atoms with van der Waals surface area (Å²) in [6.45, 7) is 5.42. The summed E-state index contributed by atoms with van der Waals surface area (Å²) in [6.07, 6.45) is 6.60. The zero-order valence-corrected chi connectivity index (χ0v) is 10.7. The summed E-state index contributed by atoms with van der Waals surface area (Å²) < 4.78 is 9.83. The molecule has 17 heavy (non-hydrogen) atoms. The molecule has 4 heteroatoms. The average Bonchev–Trinajstić information content (AvgIpc) is 2.29. The molecule has 0 amide bonds. The number of rotatable bonds is 7. The highest BCUT2D eigenvalue weighted by molar-refractivity contribution is 5.99. The molecular weight excluding hydrogens is 220 g/mol. The van der Waals surface area contributed by atoms with Gasteiger partial charge in [-0.2, -0.15) is 0 Å². The summed E-state index contributed by atoms with van der Waals surface area (Å²) in [7, 11) is 0. The fourth-order valence-corrected chi connectivity index (χ4v) is 1.41. The number of carbonyl (C=O) groups excluding carboxylic acids is 2. The third kappa shape index (κ3) is 4.48. The lowest BCUT2D eigenvalue weighted by molar-refractivity contribution is -0.171. The molecule has 0 aliphatic carbocycles. The molecule has 0 aromatic rings. The summed E-state index contributed by atoms with van der Waals surface area (Å²) in [4.78, 5) is 23.6. The Bertz CT molecular complexity index is 283. The van der Waals surface area contributed by atoms with Gasteiger partial charge in [0, 0.05) is 6.42 Å². The molecule has 0 heterocycles. The van der Waals surface area contributed by atoms with Gasteiger partial charge in [-0.3, -0.25) is 9.59 Å². The van der Waals surface area contributed by atoms with Gasteiger partial charge in [0.05, 0.1) is 13.2 Å². The maximum absolute atomic E-state index is 11.8. The zero-order valence-electron chi connectivity index (χ0n) is 10.7. The van der Waals surface area contributed by atoms with Crippen molar-refractivity contribution in [1.82, 2.24) is 0 Å². The fraction of sp³-hybridized carbons (Fsp3) is 0.692. The van der Waals surface area contributed by atoms with Crippen LogP contribution in [0.3, 0.4) is 0 Å². The lowest BCUT2D eigenvalue weighted by atomic mass is 9.85. The molecule has 4 nitrogen and oxygen atoms in total. The molecule has 0 N–H and O–H groups in total. The van der Waals surface area contributed by atoms with Crippen LogP contribution >= 0.6 is 0 Å². The van der Waals surface area contributed by atoms with E-state index in [9.17, 15) is 9.59 Å². The lowest BCUT2D eigenvalue weighted by Gasteiger charge is -2.24. The van der Waals surface area contributed by atoms with Crippen molar-refractivity contribution in [2.75, 3.05) is 13.2 Å². The average molecular weight is 240 g/mol. The Kier molecular flexibility index (Phi) is 7.04. The number of unbranched alkanes of at least 4 members (excludes halogenated alkanes) is 1. The first-order valence-electron chi connectivity index (χ1n) is 5.80. The van der Waals surface area contributed by atoms with E-state index in [0.717, 1.165) is 0 Å². The second-order valence-electron chi connectivity index (χ2n) is 3.83. The second kappa shape index (κ2) is 7.72. The number of hydrogen-bond acceptors (Lipinski definition) is 4. The Morgan fingerprint density at radius 2 is 1.65 bits per heavy atom. The number of hydrogen-bond donors (Lipinski definition) is 0. The number of esters is 2. The molecule has 0 spiro atoms. The predicted octanol–water partition coefficient (Wildman–Crippen LogP) is 1.92. The Morgan fingerprint density at radius 3 is 2.00 bits per heavy atom. The van der Waals surface area contributed by atoms with Crippen molar-refractivity contribution in [3.63, 3.8) is 0 Å². The zero-order chi connectivity index (χ0) is 13.3. The van der Waals surface area contributed by atoms with E-state index in [1.165, 1.54) is 0 Å². The number of terminal acetylenes is 1. The van der Waals surface area contributed by atoms with Gasteiger partial charge < -0.3 is 9.47 Å². The molecule has 0 saturated heterocycles. The van der Waals surface area contributed by atoms with Crippen LogP contribution < -0.4 is 0 Å². The van der Waals surface area contributed by atoms with E-state index in [1.54, 1.807) is 20.8 Å². The van der Waals surface area contributed by atoms with Gasteiger partial charge in [-0.25, -0.2) is 0 Å². The van der Waals surface area contributed by atoms with Gasteiger partial charge in [0.25, 0.3) is 0 Å². The highest BCUT2D eigenvalue weighted by Gasteiger charge is 2.43. The van der Waals surface area contributed by atoms with Crippen LogP contribution in [0.25, 0.3) is 0 Å². The molecule has 0 saturated carbocycles. The van der Waals surface area contributed by atoms with Crippen LogP contribution in [0, 0.1) is 17.8 Å². The monoisotopic (exact) mass is 240 g/mol. The Balaban J connectivity index is 4.74. The van der Waals surface area contributed by atoms with Crippen LogP contribution in [-0.2, 0) is 19.1 Å². The van der Waals surface area contributed by atoms with Crippen LogP contribution in [0.2, 0.25) is 0 Å². The minimum absolute atomic E-state index is 0.239. The summed E-state index contributed by atoms with van der Waals surface area (Å²) in [5.41, 5.74) is -1.25. The van der Waals surface area contributed by atoms with Crippen molar-refractivity contribution in [2.24, 2.45) is 5.41 Å². The molecule has 0 aromatic heterocycles. The second-order valence-corrected chi connectivity index (χ2v) is 3.83. The molecule has 0 unspecified atom stereocenters. The smallest absolute Gasteiger partial charge is 0.323 e. The summed E-state index contributed by atoms with van der Waals surface area (Å²) in [6, 6.07) is 0. The van der Waals surface area contributed by atoms with Crippen LogP contribution in [0.15, 0.2) is 0 Å². The highest BCUT2D eigenvalue weighted by atomic mass is 16.6. The maximum atomic E-state index is 11.8. The van der Waals surface area contributed by atoms with E-state index in [-0.39, 0.29) is 13.2 Å². The minimum Gasteiger partial charge on any atom is -0.465 e. The summed E-state index contributed by atoms with van der Waals surface area (Å²) in [5.74, 6) is 1.39. The van der Waals surface area contributed by atoms with Gasteiger partial charge in [-0.05, 0) is 33.6 Å². The molecule has 0 aliphatic heterocycles. The first-order chi connectivity index (χ1) is 8.02. The number of ether oxygens (including phenoxy) is 2. The maximum Gasteiger partial charge on any atom is 0.323 e. The van der Waals surface area contributed by atoms with Crippen molar-refractivity contribution in [3.8, 4) is 12.3 Å². The van der Waals surface area contributed by atoms with E-state index in [1.807, 2.05) is 0 Å². The molecule has 0 bridgehead atoms. The molecule has 0 aliphatic rings. The van der Waals surface area contributed by atoms with Crippen molar-refractivity contribution < 1.29 is 19.1 Å². The van der Waals surface area contributed by atoms with E-state index in [2.05, 4.69) is 5.92 Å². The van der Waals surface area contributed by atoms with Crippen LogP contribution in [0.4, 0.5) is 0 Å². The van der Waals surface area contributed by atoms with E-state index in [4.69, 9.17) is 15.9 Å².